The molecule has 1 fully saturated rings. The molecule has 0 amide bonds. The van der Waals surface area contributed by atoms with Crippen LogP contribution in [0.3, 0.4) is 0 Å². The molecule has 2 aromatic heterocycles. The van der Waals surface area contributed by atoms with E-state index in [-0.39, 0.29) is 5.92 Å². The van der Waals surface area contributed by atoms with Gasteiger partial charge in [-0.2, -0.15) is 9.29 Å². The first kappa shape index (κ1) is 17.7. The molecule has 9 heteroatoms. The fourth-order valence-electron chi connectivity index (χ4n) is 3.05. The van der Waals surface area contributed by atoms with Crippen LogP contribution < -0.4 is 0 Å². The summed E-state index contributed by atoms with van der Waals surface area (Å²) in [6, 6.07) is 10.6. The van der Waals surface area contributed by atoms with E-state index in [0.29, 0.717) is 34.0 Å². The Morgan fingerprint density at radius 2 is 2.15 bits per heavy atom. The van der Waals surface area contributed by atoms with Gasteiger partial charge < -0.3 is 4.52 Å². The van der Waals surface area contributed by atoms with Crippen LogP contribution in [0.25, 0.3) is 11.4 Å². The second-order valence-electron chi connectivity index (χ2n) is 6.10. The number of hydrogen-bond donors (Lipinski definition) is 0. The maximum atomic E-state index is 12.7. The molecule has 1 aromatic carbocycles. The number of sulfonamides is 1. The Labute approximate surface area is 160 Å². The summed E-state index contributed by atoms with van der Waals surface area (Å²) in [6.45, 7) is 0.851. The van der Waals surface area contributed by atoms with E-state index in [2.05, 4.69) is 10.1 Å². The van der Waals surface area contributed by atoms with Gasteiger partial charge in [0.15, 0.2) is 0 Å². The number of piperidine rings is 1. The van der Waals surface area contributed by atoms with Gasteiger partial charge in [-0.1, -0.05) is 35.0 Å². The van der Waals surface area contributed by atoms with Crippen LogP contribution in [-0.4, -0.2) is 36.0 Å². The highest BCUT2D eigenvalue weighted by molar-refractivity contribution is 7.91. The fraction of sp³-hybridized carbons (Fsp3) is 0.294. The third-order valence-electron chi connectivity index (χ3n) is 4.35. The fourth-order valence-corrected chi connectivity index (χ4v) is 5.90. The molecule has 1 aliphatic heterocycles. The Balaban J connectivity index is 1.56. The number of nitrogens with zero attached hydrogens (tertiary/aromatic N) is 3. The van der Waals surface area contributed by atoms with Gasteiger partial charge in [0, 0.05) is 23.7 Å². The predicted molar refractivity (Wildman–Crippen MR) is 99.8 cm³/mol. The van der Waals surface area contributed by atoms with Crippen molar-refractivity contribution < 1.29 is 12.9 Å². The molecule has 0 N–H and O–H groups in total. The Bertz CT molecular complexity index is 1000. The standard InChI is InChI=1S/C17H16ClN3O3S2/c18-14-6-1-4-12(10-14)16-19-17(24-20-16)13-5-2-8-21(11-13)26(22,23)15-7-3-9-25-15/h1,3-4,6-7,9-10,13H,2,5,8,11H2/t13-/m1/s1. The van der Waals surface area contributed by atoms with E-state index in [9.17, 15) is 8.42 Å². The molecule has 0 bridgehead atoms. The van der Waals surface area contributed by atoms with E-state index < -0.39 is 10.0 Å². The smallest absolute Gasteiger partial charge is 0.252 e. The highest BCUT2D eigenvalue weighted by Crippen LogP contribution is 2.31. The number of rotatable bonds is 4. The van der Waals surface area contributed by atoms with Crippen molar-refractivity contribution in [1.29, 1.82) is 0 Å². The second-order valence-corrected chi connectivity index (χ2v) is 9.65. The first-order chi connectivity index (χ1) is 12.5. The summed E-state index contributed by atoms with van der Waals surface area (Å²) < 4.78 is 32.8. The van der Waals surface area contributed by atoms with Crippen molar-refractivity contribution in [2.75, 3.05) is 13.1 Å². The first-order valence-electron chi connectivity index (χ1n) is 8.17. The van der Waals surface area contributed by atoms with Gasteiger partial charge in [-0.3, -0.25) is 0 Å². The maximum absolute atomic E-state index is 12.7. The maximum Gasteiger partial charge on any atom is 0.252 e. The highest BCUT2D eigenvalue weighted by atomic mass is 35.5. The summed E-state index contributed by atoms with van der Waals surface area (Å²) in [6.07, 6.45) is 1.57. The zero-order valence-electron chi connectivity index (χ0n) is 13.7. The molecule has 0 spiro atoms. The highest BCUT2D eigenvalue weighted by Gasteiger charge is 2.33. The van der Waals surface area contributed by atoms with Crippen molar-refractivity contribution in [2.45, 2.75) is 23.0 Å². The van der Waals surface area contributed by atoms with Crippen LogP contribution >= 0.6 is 22.9 Å². The van der Waals surface area contributed by atoms with Crippen molar-refractivity contribution in [3.8, 4) is 11.4 Å². The van der Waals surface area contributed by atoms with E-state index in [1.165, 1.54) is 15.6 Å². The molecule has 0 aliphatic carbocycles. The molecule has 6 nitrogen and oxygen atoms in total. The number of halogens is 1. The van der Waals surface area contributed by atoms with Crippen LogP contribution in [0.15, 0.2) is 50.5 Å². The summed E-state index contributed by atoms with van der Waals surface area (Å²) in [4.78, 5) is 4.47. The minimum atomic E-state index is -3.47. The lowest BCUT2D eigenvalue weighted by atomic mass is 10.00. The molecule has 4 rings (SSSR count). The normalized spacial score (nSPS) is 18.9. The summed E-state index contributed by atoms with van der Waals surface area (Å²) in [5.41, 5.74) is 0.770. The van der Waals surface area contributed by atoms with Crippen molar-refractivity contribution in [2.24, 2.45) is 0 Å². The van der Waals surface area contributed by atoms with Crippen molar-refractivity contribution >= 4 is 33.0 Å². The van der Waals surface area contributed by atoms with Gasteiger partial charge in [-0.25, -0.2) is 8.42 Å². The lowest BCUT2D eigenvalue weighted by Crippen LogP contribution is -2.38. The molecule has 1 atom stereocenters. The summed E-state index contributed by atoms with van der Waals surface area (Å²) in [7, 11) is -3.47. The average Bonchev–Trinajstić information content (AvgIpc) is 3.34. The summed E-state index contributed by atoms with van der Waals surface area (Å²) in [5, 5.41) is 6.39. The quantitative estimate of drug-likeness (QED) is 0.650. The monoisotopic (exact) mass is 409 g/mol. The van der Waals surface area contributed by atoms with Gasteiger partial charge in [0.1, 0.15) is 4.21 Å². The average molecular weight is 410 g/mol. The molecule has 1 saturated heterocycles. The largest absolute Gasteiger partial charge is 0.339 e. The summed E-state index contributed by atoms with van der Waals surface area (Å²) in [5.74, 6) is 0.811. The molecule has 26 heavy (non-hydrogen) atoms. The van der Waals surface area contributed by atoms with Gasteiger partial charge >= 0.3 is 0 Å². The lowest BCUT2D eigenvalue weighted by molar-refractivity contribution is 0.266. The Morgan fingerprint density at radius 3 is 2.92 bits per heavy atom. The second kappa shape index (κ2) is 7.11. The van der Waals surface area contributed by atoms with Crippen LogP contribution in [0, 0.1) is 0 Å². The van der Waals surface area contributed by atoms with Crippen LogP contribution in [0.4, 0.5) is 0 Å². The number of aromatic nitrogens is 2. The van der Waals surface area contributed by atoms with Gasteiger partial charge in [0.05, 0.1) is 5.92 Å². The molecule has 1 aliphatic rings. The van der Waals surface area contributed by atoms with Crippen molar-refractivity contribution in [3.05, 3.63) is 52.7 Å². The number of benzene rings is 1. The zero-order valence-corrected chi connectivity index (χ0v) is 16.1. The zero-order chi connectivity index (χ0) is 18.1. The number of hydrogen-bond acceptors (Lipinski definition) is 6. The SMILES string of the molecule is O=S(=O)(c1cccs1)N1CCC[C@@H](c2nc(-c3cccc(Cl)c3)no2)C1. The molecule has 3 aromatic rings. The van der Waals surface area contributed by atoms with E-state index >= 15 is 0 Å². The summed E-state index contributed by atoms with van der Waals surface area (Å²) >= 11 is 7.24. The van der Waals surface area contributed by atoms with E-state index in [4.69, 9.17) is 16.1 Å². The van der Waals surface area contributed by atoms with E-state index in [1.807, 2.05) is 12.1 Å². The first-order valence-corrected chi connectivity index (χ1v) is 10.9. The molecule has 0 unspecified atom stereocenters. The Hall–Kier alpha value is -1.74. The minimum Gasteiger partial charge on any atom is -0.339 e. The van der Waals surface area contributed by atoms with Gasteiger partial charge in [-0.15, -0.1) is 11.3 Å². The topological polar surface area (TPSA) is 76.3 Å². The van der Waals surface area contributed by atoms with Crippen LogP contribution in [0.1, 0.15) is 24.7 Å². The number of thiophene rings is 1. The Morgan fingerprint density at radius 1 is 1.27 bits per heavy atom. The molecule has 3 heterocycles. The molecule has 0 saturated carbocycles. The van der Waals surface area contributed by atoms with E-state index in [1.54, 1.807) is 29.6 Å². The molecule has 136 valence electrons. The van der Waals surface area contributed by atoms with Gasteiger partial charge in [-0.05, 0) is 36.4 Å². The van der Waals surface area contributed by atoms with Crippen LogP contribution in [0.5, 0.6) is 0 Å². The third kappa shape index (κ3) is 3.42. The lowest BCUT2D eigenvalue weighted by Gasteiger charge is -2.29. The predicted octanol–water partition coefficient (Wildman–Crippen LogP) is 4.02. The van der Waals surface area contributed by atoms with Gasteiger partial charge in [0.2, 0.25) is 11.7 Å². The Kier molecular flexibility index (Phi) is 4.83. The van der Waals surface area contributed by atoms with Crippen LogP contribution in [0.2, 0.25) is 5.02 Å². The van der Waals surface area contributed by atoms with Gasteiger partial charge in [0.25, 0.3) is 10.0 Å². The van der Waals surface area contributed by atoms with Crippen molar-refractivity contribution in [1.82, 2.24) is 14.4 Å². The molecular formula is C17H16ClN3O3S2. The molecule has 0 radical (unpaired) electrons. The minimum absolute atomic E-state index is 0.112. The van der Waals surface area contributed by atoms with Crippen LogP contribution in [-0.2, 0) is 10.0 Å². The van der Waals surface area contributed by atoms with Crippen molar-refractivity contribution in [3.63, 3.8) is 0 Å². The van der Waals surface area contributed by atoms with E-state index in [0.717, 1.165) is 18.4 Å². The molecular weight excluding hydrogens is 394 g/mol. The third-order valence-corrected chi connectivity index (χ3v) is 7.82.